The molecule has 1 N–H and O–H groups in total. The summed E-state index contributed by atoms with van der Waals surface area (Å²) in [6.07, 6.45) is 2.23. The van der Waals surface area contributed by atoms with E-state index < -0.39 is 0 Å². The lowest BCUT2D eigenvalue weighted by molar-refractivity contribution is 0.281. The second-order valence-corrected chi connectivity index (χ2v) is 5.13. The Labute approximate surface area is 117 Å². The summed E-state index contributed by atoms with van der Waals surface area (Å²) in [4.78, 5) is 0. The number of aliphatic hydroxyl groups is 1. The van der Waals surface area contributed by atoms with Crippen LogP contribution in [0, 0.1) is 0 Å². The minimum Gasteiger partial charge on any atom is -0.392 e. The third-order valence-electron chi connectivity index (χ3n) is 3.99. The van der Waals surface area contributed by atoms with Gasteiger partial charge in [-0.05, 0) is 44.7 Å². The van der Waals surface area contributed by atoms with Crippen LogP contribution in [0.4, 0.5) is 0 Å². The Morgan fingerprint density at radius 3 is 2.45 bits per heavy atom. The largest absolute Gasteiger partial charge is 0.392 e. The highest BCUT2D eigenvalue weighted by Crippen LogP contribution is 2.41. The number of aliphatic hydroxyl groups excluding tert-OH is 1. The Morgan fingerprint density at radius 2 is 1.65 bits per heavy atom. The molecule has 0 atom stereocenters. The maximum atomic E-state index is 9.67. The van der Waals surface area contributed by atoms with Crippen molar-refractivity contribution in [1.29, 1.82) is 0 Å². The van der Waals surface area contributed by atoms with Gasteiger partial charge < -0.3 is 5.11 Å². The van der Waals surface area contributed by atoms with Crippen molar-refractivity contribution >= 4 is 22.4 Å². The second kappa shape index (κ2) is 4.32. The zero-order valence-electron chi connectivity index (χ0n) is 11.0. The molecule has 0 fully saturated rings. The molecule has 1 nitrogen and oxygen atoms in total. The van der Waals surface area contributed by atoms with Gasteiger partial charge in [-0.1, -0.05) is 60.7 Å². The summed E-state index contributed by atoms with van der Waals surface area (Å²) in [7, 11) is 0. The molecule has 1 aliphatic rings. The van der Waals surface area contributed by atoms with Crippen molar-refractivity contribution in [3.05, 3.63) is 82.9 Å². The Bertz CT molecular complexity index is 829. The second-order valence-electron chi connectivity index (χ2n) is 5.13. The van der Waals surface area contributed by atoms with Crippen LogP contribution in [0.25, 0.3) is 22.4 Å². The highest BCUT2D eigenvalue weighted by molar-refractivity contribution is 6.13. The summed E-state index contributed by atoms with van der Waals surface area (Å²) in [5.74, 6) is 0. The van der Waals surface area contributed by atoms with Crippen LogP contribution in [0.1, 0.15) is 22.3 Å². The molecule has 0 amide bonds. The molecule has 0 radical (unpaired) electrons. The van der Waals surface area contributed by atoms with Gasteiger partial charge in [-0.15, -0.1) is 0 Å². The molecule has 0 unspecified atom stereocenters. The number of hydrogen-bond donors (Lipinski definition) is 1. The van der Waals surface area contributed by atoms with Crippen LogP contribution in [0.2, 0.25) is 0 Å². The number of rotatable bonds is 2. The van der Waals surface area contributed by atoms with Crippen LogP contribution in [0.5, 0.6) is 0 Å². The average Bonchev–Trinajstić information content (AvgIpc) is 2.91. The third kappa shape index (κ3) is 1.54. The quantitative estimate of drug-likeness (QED) is 0.570. The van der Waals surface area contributed by atoms with Crippen molar-refractivity contribution in [3.8, 4) is 0 Å². The van der Waals surface area contributed by atoms with E-state index >= 15 is 0 Å². The molecule has 0 spiro atoms. The lowest BCUT2D eigenvalue weighted by Gasteiger charge is -2.11. The van der Waals surface area contributed by atoms with Gasteiger partial charge in [0.2, 0.25) is 0 Å². The zero-order valence-corrected chi connectivity index (χ0v) is 11.0. The Morgan fingerprint density at radius 1 is 0.800 bits per heavy atom. The van der Waals surface area contributed by atoms with Crippen molar-refractivity contribution in [3.63, 3.8) is 0 Å². The van der Waals surface area contributed by atoms with Crippen molar-refractivity contribution in [1.82, 2.24) is 0 Å². The first-order valence-corrected chi connectivity index (χ1v) is 6.81. The van der Waals surface area contributed by atoms with Gasteiger partial charge >= 0.3 is 0 Å². The predicted molar refractivity (Wildman–Crippen MR) is 83.3 cm³/mol. The van der Waals surface area contributed by atoms with E-state index in [0.29, 0.717) is 0 Å². The molecule has 1 aliphatic carbocycles. The van der Waals surface area contributed by atoms with Crippen molar-refractivity contribution < 1.29 is 5.11 Å². The lowest BCUT2D eigenvalue weighted by atomic mass is 9.93. The van der Waals surface area contributed by atoms with E-state index in [2.05, 4.69) is 54.6 Å². The van der Waals surface area contributed by atoms with Gasteiger partial charge in [0.25, 0.3) is 0 Å². The normalized spacial score (nSPS) is 12.8. The number of hydrogen-bond acceptors (Lipinski definition) is 1. The summed E-state index contributed by atoms with van der Waals surface area (Å²) in [5.41, 5.74) is 5.84. The van der Waals surface area contributed by atoms with Crippen molar-refractivity contribution in [2.24, 2.45) is 0 Å². The van der Waals surface area contributed by atoms with E-state index in [0.717, 1.165) is 5.56 Å². The molecule has 4 rings (SSSR count). The summed E-state index contributed by atoms with van der Waals surface area (Å²) < 4.78 is 0. The third-order valence-corrected chi connectivity index (χ3v) is 3.99. The van der Waals surface area contributed by atoms with Crippen LogP contribution < -0.4 is 0 Å². The lowest BCUT2D eigenvalue weighted by Crippen LogP contribution is -1.94. The first kappa shape index (κ1) is 11.4. The minimum absolute atomic E-state index is 0.0732. The minimum atomic E-state index is 0.0732. The highest BCUT2D eigenvalue weighted by atomic mass is 16.3. The van der Waals surface area contributed by atoms with Gasteiger partial charge in [-0.25, -0.2) is 0 Å². The molecule has 0 saturated carbocycles. The maximum absolute atomic E-state index is 9.67. The van der Waals surface area contributed by atoms with Crippen LogP contribution >= 0.6 is 0 Å². The van der Waals surface area contributed by atoms with Gasteiger partial charge in [0, 0.05) is 0 Å². The Kier molecular flexibility index (Phi) is 2.48. The first-order chi connectivity index (χ1) is 9.88. The molecule has 0 saturated heterocycles. The van der Waals surface area contributed by atoms with Gasteiger partial charge in [0.05, 0.1) is 6.61 Å². The van der Waals surface area contributed by atoms with E-state index in [9.17, 15) is 5.11 Å². The van der Waals surface area contributed by atoms with Crippen LogP contribution in [-0.2, 0) is 6.61 Å². The fourth-order valence-electron chi connectivity index (χ4n) is 3.08. The topological polar surface area (TPSA) is 20.2 Å². The fourth-order valence-corrected chi connectivity index (χ4v) is 3.08. The molecule has 96 valence electrons. The Balaban J connectivity index is 2.07. The van der Waals surface area contributed by atoms with E-state index in [1.54, 1.807) is 0 Å². The molecular formula is C19H14O. The first-order valence-electron chi connectivity index (χ1n) is 6.81. The van der Waals surface area contributed by atoms with E-state index in [4.69, 9.17) is 0 Å². The van der Waals surface area contributed by atoms with Crippen LogP contribution in [0.15, 0.2) is 60.7 Å². The van der Waals surface area contributed by atoms with Gasteiger partial charge in [0.15, 0.2) is 0 Å². The molecular weight excluding hydrogens is 244 g/mol. The van der Waals surface area contributed by atoms with E-state index in [1.165, 1.54) is 33.0 Å². The van der Waals surface area contributed by atoms with Crippen molar-refractivity contribution in [2.45, 2.75) is 6.61 Å². The molecule has 0 bridgehead atoms. The smallest absolute Gasteiger partial charge is 0.0688 e. The average molecular weight is 258 g/mol. The molecule has 3 aromatic rings. The van der Waals surface area contributed by atoms with Gasteiger partial charge in [-0.3, -0.25) is 0 Å². The summed E-state index contributed by atoms with van der Waals surface area (Å²) in [6, 6.07) is 20.9. The van der Waals surface area contributed by atoms with Crippen LogP contribution in [0.3, 0.4) is 0 Å². The fraction of sp³-hybridized carbons (Fsp3) is 0.0526. The van der Waals surface area contributed by atoms with E-state index in [-0.39, 0.29) is 6.61 Å². The maximum Gasteiger partial charge on any atom is 0.0688 e. The molecule has 3 aromatic carbocycles. The monoisotopic (exact) mass is 258 g/mol. The molecule has 1 heteroatoms. The zero-order chi connectivity index (χ0) is 13.5. The van der Waals surface area contributed by atoms with Crippen molar-refractivity contribution in [2.75, 3.05) is 0 Å². The molecule has 0 aromatic heterocycles. The molecule has 20 heavy (non-hydrogen) atoms. The summed E-state index contributed by atoms with van der Waals surface area (Å²) in [6.45, 7) is 0.0732. The van der Waals surface area contributed by atoms with Gasteiger partial charge in [0.1, 0.15) is 0 Å². The van der Waals surface area contributed by atoms with Gasteiger partial charge in [-0.2, -0.15) is 0 Å². The number of benzene rings is 3. The highest BCUT2D eigenvalue weighted by Gasteiger charge is 2.20. The molecule has 0 aliphatic heterocycles. The Hall–Kier alpha value is -2.38. The SMILES string of the molecule is OCc1ccc2cccc3c2c1C(c1ccccc1)=C3. The van der Waals surface area contributed by atoms with Crippen LogP contribution in [-0.4, -0.2) is 5.11 Å². The summed E-state index contributed by atoms with van der Waals surface area (Å²) in [5, 5.41) is 12.2. The summed E-state index contributed by atoms with van der Waals surface area (Å²) >= 11 is 0. The van der Waals surface area contributed by atoms with E-state index in [1.807, 2.05) is 12.1 Å². The predicted octanol–water partition coefficient (Wildman–Crippen LogP) is 4.23. The standard InChI is InChI=1S/C19H14O/c20-12-16-10-9-14-7-4-8-15-11-17(19(16)18(14)15)13-5-2-1-3-6-13/h1-11,20H,12H2. The molecule has 0 heterocycles.